The van der Waals surface area contributed by atoms with Gasteiger partial charge in [0, 0.05) is 18.7 Å². The Balaban J connectivity index is 1.96. The Morgan fingerprint density at radius 3 is 2.65 bits per heavy atom. The van der Waals surface area contributed by atoms with Gasteiger partial charge in [-0.3, -0.25) is 0 Å². The van der Waals surface area contributed by atoms with E-state index in [1.54, 1.807) is 0 Å². The highest BCUT2D eigenvalue weighted by molar-refractivity contribution is 5.29. The maximum Gasteiger partial charge on any atom is 0.127 e. The highest BCUT2D eigenvalue weighted by Crippen LogP contribution is 2.30. The third-order valence-electron chi connectivity index (χ3n) is 3.69. The summed E-state index contributed by atoms with van der Waals surface area (Å²) in [6, 6.07) is 5.06. The molecule has 0 aromatic heterocycles. The summed E-state index contributed by atoms with van der Waals surface area (Å²) < 4.78 is 19.2. The molecule has 2 rings (SSSR count). The molecule has 1 aliphatic carbocycles. The van der Waals surface area contributed by atoms with Gasteiger partial charge in [0.2, 0.25) is 0 Å². The van der Waals surface area contributed by atoms with E-state index in [4.69, 9.17) is 4.74 Å². The van der Waals surface area contributed by atoms with Crippen LogP contribution in [-0.4, -0.2) is 23.4 Å². The number of hydrogen-bond acceptors (Lipinski definition) is 3. The van der Waals surface area contributed by atoms with Gasteiger partial charge < -0.3 is 15.2 Å². The Bertz CT molecular complexity index is 442. The van der Waals surface area contributed by atoms with E-state index < -0.39 is 5.60 Å². The fourth-order valence-corrected chi connectivity index (χ4v) is 2.52. The maximum atomic E-state index is 13.6. The van der Waals surface area contributed by atoms with Crippen LogP contribution in [0.3, 0.4) is 0 Å². The molecule has 2 N–H and O–H groups in total. The third kappa shape index (κ3) is 4.46. The highest BCUT2D eigenvalue weighted by Gasteiger charge is 2.31. The SMILES string of the molecule is CC(C)NCc1cc(F)cc(OCC2(O)CCCC2)c1. The van der Waals surface area contributed by atoms with E-state index in [1.807, 2.05) is 19.9 Å². The highest BCUT2D eigenvalue weighted by atomic mass is 19.1. The molecular formula is C16H24FNO2. The average molecular weight is 281 g/mol. The average Bonchev–Trinajstić information content (AvgIpc) is 2.81. The molecule has 1 aliphatic rings. The topological polar surface area (TPSA) is 41.5 Å². The van der Waals surface area contributed by atoms with Crippen molar-refractivity contribution in [2.75, 3.05) is 6.61 Å². The molecule has 1 fully saturated rings. The fourth-order valence-electron chi connectivity index (χ4n) is 2.52. The first-order valence-electron chi connectivity index (χ1n) is 7.35. The number of halogens is 1. The van der Waals surface area contributed by atoms with Gasteiger partial charge in [0.1, 0.15) is 18.2 Å². The lowest BCUT2D eigenvalue weighted by Crippen LogP contribution is -2.32. The van der Waals surface area contributed by atoms with E-state index in [0.29, 0.717) is 18.3 Å². The summed E-state index contributed by atoms with van der Waals surface area (Å²) in [5.74, 6) is 0.187. The quantitative estimate of drug-likeness (QED) is 0.842. The molecule has 0 atom stereocenters. The van der Waals surface area contributed by atoms with Gasteiger partial charge in [-0.1, -0.05) is 26.7 Å². The van der Waals surface area contributed by atoms with E-state index in [0.717, 1.165) is 31.2 Å². The number of aliphatic hydroxyl groups is 1. The standard InChI is InChI=1S/C16H24FNO2/c1-12(2)18-10-13-7-14(17)9-15(8-13)20-11-16(19)5-3-4-6-16/h7-9,12,18-19H,3-6,10-11H2,1-2H3. The largest absolute Gasteiger partial charge is 0.490 e. The predicted molar refractivity (Wildman–Crippen MR) is 77.3 cm³/mol. The number of benzene rings is 1. The van der Waals surface area contributed by atoms with Gasteiger partial charge in [-0.15, -0.1) is 0 Å². The molecule has 0 bridgehead atoms. The van der Waals surface area contributed by atoms with Gasteiger partial charge in [-0.25, -0.2) is 4.39 Å². The molecule has 0 saturated heterocycles. The number of hydrogen-bond donors (Lipinski definition) is 2. The second-order valence-corrected chi connectivity index (χ2v) is 6.05. The molecule has 0 radical (unpaired) electrons. The Labute approximate surface area is 120 Å². The minimum atomic E-state index is -0.733. The fraction of sp³-hybridized carbons (Fsp3) is 0.625. The first-order valence-corrected chi connectivity index (χ1v) is 7.35. The summed E-state index contributed by atoms with van der Waals surface area (Å²) in [6.45, 7) is 4.95. The zero-order chi connectivity index (χ0) is 14.6. The zero-order valence-corrected chi connectivity index (χ0v) is 12.3. The van der Waals surface area contributed by atoms with Crippen molar-refractivity contribution in [3.8, 4) is 5.75 Å². The van der Waals surface area contributed by atoms with Gasteiger partial charge in [-0.2, -0.15) is 0 Å². The zero-order valence-electron chi connectivity index (χ0n) is 12.3. The van der Waals surface area contributed by atoms with Crippen LogP contribution >= 0.6 is 0 Å². The molecule has 1 aromatic carbocycles. The first-order chi connectivity index (χ1) is 9.47. The number of nitrogens with one attached hydrogen (secondary N) is 1. The van der Waals surface area contributed by atoms with E-state index in [9.17, 15) is 9.50 Å². The van der Waals surface area contributed by atoms with Crippen LogP contribution in [0.5, 0.6) is 5.75 Å². The van der Waals surface area contributed by atoms with Crippen molar-refractivity contribution in [2.24, 2.45) is 0 Å². The number of rotatable bonds is 6. The molecule has 4 heteroatoms. The number of ether oxygens (including phenoxy) is 1. The van der Waals surface area contributed by atoms with E-state index in [1.165, 1.54) is 12.1 Å². The van der Waals surface area contributed by atoms with Gasteiger partial charge in [0.25, 0.3) is 0 Å². The molecule has 0 aliphatic heterocycles. The van der Waals surface area contributed by atoms with Crippen LogP contribution in [0.4, 0.5) is 4.39 Å². The van der Waals surface area contributed by atoms with Crippen molar-refractivity contribution >= 4 is 0 Å². The van der Waals surface area contributed by atoms with Gasteiger partial charge in [0.05, 0.1) is 5.60 Å². The molecule has 1 saturated carbocycles. The minimum Gasteiger partial charge on any atom is -0.490 e. The Hall–Kier alpha value is -1.13. The van der Waals surface area contributed by atoms with Crippen molar-refractivity contribution in [1.82, 2.24) is 5.32 Å². The van der Waals surface area contributed by atoms with Gasteiger partial charge in [-0.05, 0) is 30.5 Å². The maximum absolute atomic E-state index is 13.6. The summed E-state index contributed by atoms with van der Waals surface area (Å²) >= 11 is 0. The van der Waals surface area contributed by atoms with Gasteiger partial charge >= 0.3 is 0 Å². The van der Waals surface area contributed by atoms with Crippen LogP contribution in [0.15, 0.2) is 18.2 Å². The molecule has 0 amide bonds. The second-order valence-electron chi connectivity index (χ2n) is 6.05. The van der Waals surface area contributed by atoms with Crippen molar-refractivity contribution in [3.63, 3.8) is 0 Å². The molecule has 20 heavy (non-hydrogen) atoms. The summed E-state index contributed by atoms with van der Waals surface area (Å²) in [7, 11) is 0. The predicted octanol–water partition coefficient (Wildman–Crippen LogP) is 3.01. The van der Waals surface area contributed by atoms with E-state index in [2.05, 4.69) is 5.32 Å². The Kier molecular flexibility index (Phi) is 5.00. The molecule has 112 valence electrons. The summed E-state index contributed by atoms with van der Waals surface area (Å²) in [6.07, 6.45) is 3.60. The lowest BCUT2D eigenvalue weighted by atomic mass is 10.0. The normalized spacial score (nSPS) is 17.6. The molecule has 0 heterocycles. The molecule has 1 aromatic rings. The molecule has 0 spiro atoms. The van der Waals surface area contributed by atoms with Crippen LogP contribution in [-0.2, 0) is 6.54 Å². The third-order valence-corrected chi connectivity index (χ3v) is 3.69. The lowest BCUT2D eigenvalue weighted by Gasteiger charge is -2.22. The van der Waals surface area contributed by atoms with Crippen LogP contribution < -0.4 is 10.1 Å². The van der Waals surface area contributed by atoms with E-state index in [-0.39, 0.29) is 12.4 Å². The van der Waals surface area contributed by atoms with Crippen LogP contribution in [0.25, 0.3) is 0 Å². The first kappa shape index (κ1) is 15.3. The van der Waals surface area contributed by atoms with Crippen LogP contribution in [0, 0.1) is 5.82 Å². The Morgan fingerprint density at radius 1 is 1.30 bits per heavy atom. The molecule has 3 nitrogen and oxygen atoms in total. The molecule has 0 unspecified atom stereocenters. The van der Waals surface area contributed by atoms with E-state index >= 15 is 0 Å². The van der Waals surface area contributed by atoms with Crippen LogP contribution in [0.1, 0.15) is 45.1 Å². The monoisotopic (exact) mass is 281 g/mol. The van der Waals surface area contributed by atoms with Gasteiger partial charge in [0.15, 0.2) is 0 Å². The van der Waals surface area contributed by atoms with Crippen molar-refractivity contribution in [3.05, 3.63) is 29.6 Å². The minimum absolute atomic E-state index is 0.244. The summed E-state index contributed by atoms with van der Waals surface area (Å²) in [4.78, 5) is 0. The summed E-state index contributed by atoms with van der Waals surface area (Å²) in [5, 5.41) is 13.5. The lowest BCUT2D eigenvalue weighted by molar-refractivity contribution is 0.00129. The summed E-state index contributed by atoms with van der Waals surface area (Å²) in [5.41, 5.74) is 0.120. The van der Waals surface area contributed by atoms with Crippen molar-refractivity contribution < 1.29 is 14.2 Å². The smallest absolute Gasteiger partial charge is 0.127 e. The Morgan fingerprint density at radius 2 is 2.00 bits per heavy atom. The second kappa shape index (κ2) is 6.55. The van der Waals surface area contributed by atoms with Crippen molar-refractivity contribution in [2.45, 2.75) is 57.7 Å². The van der Waals surface area contributed by atoms with Crippen molar-refractivity contribution in [1.29, 1.82) is 0 Å². The molecular weight excluding hydrogens is 257 g/mol. The van der Waals surface area contributed by atoms with Crippen LogP contribution in [0.2, 0.25) is 0 Å².